The van der Waals surface area contributed by atoms with E-state index in [2.05, 4.69) is 71.3 Å². The van der Waals surface area contributed by atoms with Crippen molar-refractivity contribution >= 4 is 27.3 Å². The Morgan fingerprint density at radius 3 is 2.53 bits per heavy atom. The van der Waals surface area contributed by atoms with Crippen LogP contribution in [0.3, 0.4) is 0 Å². The molecule has 4 heteroatoms. The van der Waals surface area contributed by atoms with E-state index < -0.39 is 0 Å². The number of hydrogen-bond donors (Lipinski definition) is 1. The molecule has 2 nitrogen and oxygen atoms in total. The van der Waals surface area contributed by atoms with E-state index in [0.717, 1.165) is 15.9 Å². The maximum atomic E-state index is 4.50. The zero-order valence-electron chi connectivity index (χ0n) is 11.5. The van der Waals surface area contributed by atoms with Gasteiger partial charge in [0, 0.05) is 22.1 Å². The first-order valence-electron chi connectivity index (χ1n) is 6.42. The second-order valence-electron chi connectivity index (χ2n) is 5.27. The summed E-state index contributed by atoms with van der Waals surface area (Å²) in [6, 6.07) is 8.93. The van der Waals surface area contributed by atoms with Gasteiger partial charge in [-0.2, -0.15) is 0 Å². The number of nitrogens with zero attached hydrogens (tertiary/aromatic N) is 1. The maximum Gasteiger partial charge on any atom is 0.113 e. The van der Waals surface area contributed by atoms with Gasteiger partial charge in [-0.25, -0.2) is 4.98 Å². The predicted molar refractivity (Wildman–Crippen MR) is 85.6 cm³/mol. The van der Waals surface area contributed by atoms with Crippen LogP contribution in [0.25, 0.3) is 0 Å². The first-order valence-corrected chi connectivity index (χ1v) is 8.09. The maximum absolute atomic E-state index is 4.50. The Balaban J connectivity index is 2.25. The Bertz CT molecular complexity index is 507. The van der Waals surface area contributed by atoms with E-state index in [-0.39, 0.29) is 5.54 Å². The first kappa shape index (κ1) is 14.7. The number of nitrogens with one attached hydrogen (secondary N) is 1. The first-order chi connectivity index (χ1) is 8.99. The van der Waals surface area contributed by atoms with Crippen molar-refractivity contribution in [1.82, 2.24) is 10.3 Å². The number of thiazole rings is 1. The molecule has 0 amide bonds. The number of benzene rings is 1. The molecular formula is C15H19BrN2S. The molecule has 2 rings (SSSR count). The van der Waals surface area contributed by atoms with Crippen LogP contribution in [0.4, 0.5) is 0 Å². The third kappa shape index (κ3) is 3.88. The van der Waals surface area contributed by atoms with Gasteiger partial charge in [0.2, 0.25) is 0 Å². The molecule has 0 bridgehead atoms. The van der Waals surface area contributed by atoms with E-state index in [1.807, 2.05) is 11.6 Å². The highest BCUT2D eigenvalue weighted by Crippen LogP contribution is 2.28. The third-order valence-corrected chi connectivity index (χ3v) is 4.55. The van der Waals surface area contributed by atoms with Gasteiger partial charge in [0.05, 0.1) is 5.54 Å². The van der Waals surface area contributed by atoms with Gasteiger partial charge in [-0.15, -0.1) is 11.3 Å². The molecular weight excluding hydrogens is 320 g/mol. The third-order valence-electron chi connectivity index (χ3n) is 2.98. The van der Waals surface area contributed by atoms with Crippen LogP contribution in [-0.4, -0.2) is 11.0 Å². The summed E-state index contributed by atoms with van der Waals surface area (Å²) in [6.45, 7) is 6.58. The Hall–Kier alpha value is -0.710. The van der Waals surface area contributed by atoms with Crippen LogP contribution < -0.4 is 5.32 Å². The largest absolute Gasteiger partial charge is 0.303 e. The fourth-order valence-electron chi connectivity index (χ4n) is 2.33. The normalized spacial score (nSPS) is 14.6. The van der Waals surface area contributed by atoms with E-state index in [9.17, 15) is 0 Å². The summed E-state index contributed by atoms with van der Waals surface area (Å²) >= 11 is 5.19. The molecule has 19 heavy (non-hydrogen) atoms. The lowest BCUT2D eigenvalue weighted by molar-refractivity contribution is 0.330. The summed E-state index contributed by atoms with van der Waals surface area (Å²) in [5.74, 6) is 0. The zero-order chi connectivity index (χ0) is 13.9. The van der Waals surface area contributed by atoms with Crippen molar-refractivity contribution in [2.45, 2.75) is 38.8 Å². The minimum atomic E-state index is -0.115. The molecule has 1 aromatic heterocycles. The predicted octanol–water partition coefficient (Wildman–Crippen LogP) is 4.36. The van der Waals surface area contributed by atoms with Gasteiger partial charge < -0.3 is 5.32 Å². The molecule has 0 aliphatic heterocycles. The van der Waals surface area contributed by atoms with Gasteiger partial charge in [-0.05, 0) is 44.9 Å². The molecule has 1 N–H and O–H groups in total. The molecule has 0 fully saturated rings. The Kier molecular flexibility index (Phi) is 4.76. The quantitative estimate of drug-likeness (QED) is 0.875. The standard InChI is InChI=1S/C15H19BrN2S/c1-11(2)18-15(3,14-17-8-9-19-14)10-12-4-6-13(16)7-5-12/h4-9,11,18H,10H2,1-3H3. The average molecular weight is 339 g/mol. The van der Waals surface area contributed by atoms with Crippen LogP contribution in [0.15, 0.2) is 40.3 Å². The summed E-state index contributed by atoms with van der Waals surface area (Å²) in [6.07, 6.45) is 2.81. The molecule has 1 heterocycles. The lowest BCUT2D eigenvalue weighted by Gasteiger charge is -2.31. The van der Waals surface area contributed by atoms with E-state index in [4.69, 9.17) is 0 Å². The second kappa shape index (κ2) is 6.16. The minimum Gasteiger partial charge on any atom is -0.303 e. The smallest absolute Gasteiger partial charge is 0.113 e. The topological polar surface area (TPSA) is 24.9 Å². The molecule has 0 radical (unpaired) electrons. The second-order valence-corrected chi connectivity index (χ2v) is 7.08. The van der Waals surface area contributed by atoms with Gasteiger partial charge in [0.25, 0.3) is 0 Å². The summed E-state index contributed by atoms with van der Waals surface area (Å²) in [4.78, 5) is 4.50. The van der Waals surface area contributed by atoms with Gasteiger partial charge in [0.15, 0.2) is 0 Å². The van der Waals surface area contributed by atoms with Crippen molar-refractivity contribution in [3.8, 4) is 0 Å². The molecule has 2 aromatic rings. The fourth-order valence-corrected chi connectivity index (χ4v) is 3.36. The highest BCUT2D eigenvalue weighted by Gasteiger charge is 2.30. The van der Waals surface area contributed by atoms with Crippen LogP contribution >= 0.6 is 27.3 Å². The Labute approximate surface area is 127 Å². The van der Waals surface area contributed by atoms with Gasteiger partial charge in [-0.1, -0.05) is 28.1 Å². The molecule has 1 atom stereocenters. The molecule has 102 valence electrons. The molecule has 0 aliphatic rings. The van der Waals surface area contributed by atoms with Gasteiger partial charge in [-0.3, -0.25) is 0 Å². The number of rotatable bonds is 5. The molecule has 0 saturated carbocycles. The lowest BCUT2D eigenvalue weighted by atomic mass is 9.92. The highest BCUT2D eigenvalue weighted by atomic mass is 79.9. The Morgan fingerprint density at radius 2 is 2.00 bits per heavy atom. The molecule has 0 saturated heterocycles. The summed E-state index contributed by atoms with van der Waals surface area (Å²) in [7, 11) is 0. The van der Waals surface area contributed by atoms with Crippen molar-refractivity contribution in [1.29, 1.82) is 0 Å². The number of hydrogen-bond acceptors (Lipinski definition) is 3. The van der Waals surface area contributed by atoms with E-state index >= 15 is 0 Å². The number of aromatic nitrogens is 1. The van der Waals surface area contributed by atoms with E-state index in [1.54, 1.807) is 11.3 Å². The summed E-state index contributed by atoms with van der Waals surface area (Å²) < 4.78 is 1.11. The van der Waals surface area contributed by atoms with Crippen LogP contribution in [0, 0.1) is 0 Å². The van der Waals surface area contributed by atoms with Crippen molar-refractivity contribution in [3.05, 3.63) is 50.9 Å². The zero-order valence-corrected chi connectivity index (χ0v) is 13.9. The van der Waals surface area contributed by atoms with Crippen LogP contribution in [0.2, 0.25) is 0 Å². The van der Waals surface area contributed by atoms with E-state index in [0.29, 0.717) is 6.04 Å². The van der Waals surface area contributed by atoms with E-state index in [1.165, 1.54) is 5.56 Å². The minimum absolute atomic E-state index is 0.115. The van der Waals surface area contributed by atoms with Crippen LogP contribution in [-0.2, 0) is 12.0 Å². The Morgan fingerprint density at radius 1 is 1.32 bits per heavy atom. The summed E-state index contributed by atoms with van der Waals surface area (Å²) in [5.41, 5.74) is 1.20. The fraction of sp³-hybridized carbons (Fsp3) is 0.400. The molecule has 0 aliphatic carbocycles. The lowest BCUT2D eigenvalue weighted by Crippen LogP contribution is -2.45. The average Bonchev–Trinajstić information content (AvgIpc) is 2.85. The SMILES string of the molecule is CC(C)NC(C)(Cc1ccc(Br)cc1)c1nccs1. The van der Waals surface area contributed by atoms with Gasteiger partial charge in [0.1, 0.15) is 5.01 Å². The molecule has 1 aromatic carbocycles. The van der Waals surface area contributed by atoms with Gasteiger partial charge >= 0.3 is 0 Å². The monoisotopic (exact) mass is 338 g/mol. The van der Waals surface area contributed by atoms with Crippen LogP contribution in [0.5, 0.6) is 0 Å². The number of halogens is 1. The molecule has 1 unspecified atom stereocenters. The summed E-state index contributed by atoms with van der Waals surface area (Å²) in [5, 5.41) is 6.84. The highest BCUT2D eigenvalue weighted by molar-refractivity contribution is 9.10. The molecule has 0 spiro atoms. The van der Waals surface area contributed by atoms with Crippen molar-refractivity contribution < 1.29 is 0 Å². The van der Waals surface area contributed by atoms with Crippen molar-refractivity contribution in [2.75, 3.05) is 0 Å². The van der Waals surface area contributed by atoms with Crippen LogP contribution in [0.1, 0.15) is 31.3 Å². The van der Waals surface area contributed by atoms with Crippen molar-refractivity contribution in [2.24, 2.45) is 0 Å². The van der Waals surface area contributed by atoms with Crippen molar-refractivity contribution in [3.63, 3.8) is 0 Å².